The number of para-hydroxylation sites is 1. The Balaban J connectivity index is 2.17. The minimum atomic E-state index is -0.104. The summed E-state index contributed by atoms with van der Waals surface area (Å²) in [6.07, 6.45) is 1.90. The second kappa shape index (κ2) is 5.83. The summed E-state index contributed by atoms with van der Waals surface area (Å²) in [4.78, 5) is 0. The third kappa shape index (κ3) is 3.31. The van der Waals surface area contributed by atoms with Crippen molar-refractivity contribution in [2.45, 2.75) is 32.9 Å². The first-order valence-electron chi connectivity index (χ1n) is 6.68. The van der Waals surface area contributed by atoms with Gasteiger partial charge in [0.15, 0.2) is 0 Å². The molecule has 0 spiro atoms. The minimum absolute atomic E-state index is 0.104. The molecule has 6 nitrogen and oxygen atoms in total. The quantitative estimate of drug-likeness (QED) is 0.934. The standard InChI is InChI=1S/C15H19N5O/c1-15(2,3)20-10-12(18-19-20)9-17-14-11(8-16)6-5-7-13(14)21-4/h5-7,10,17H,9H2,1-4H3. The molecule has 1 aromatic carbocycles. The predicted molar refractivity (Wildman–Crippen MR) is 80.1 cm³/mol. The highest BCUT2D eigenvalue weighted by Gasteiger charge is 2.15. The normalized spacial score (nSPS) is 11.0. The summed E-state index contributed by atoms with van der Waals surface area (Å²) in [6.45, 7) is 6.66. The van der Waals surface area contributed by atoms with Crippen LogP contribution in [0.5, 0.6) is 5.75 Å². The average Bonchev–Trinajstić information content (AvgIpc) is 2.93. The lowest BCUT2D eigenvalue weighted by Crippen LogP contribution is -2.22. The highest BCUT2D eigenvalue weighted by atomic mass is 16.5. The first kappa shape index (κ1) is 14.9. The zero-order valence-electron chi connectivity index (χ0n) is 12.7. The van der Waals surface area contributed by atoms with Crippen LogP contribution in [0.2, 0.25) is 0 Å². The molecule has 0 amide bonds. The first-order valence-corrected chi connectivity index (χ1v) is 6.68. The van der Waals surface area contributed by atoms with E-state index in [0.717, 1.165) is 5.69 Å². The molecule has 2 rings (SSSR count). The largest absolute Gasteiger partial charge is 0.495 e. The van der Waals surface area contributed by atoms with Crippen LogP contribution in [-0.2, 0) is 12.1 Å². The Bertz CT molecular complexity index is 663. The Labute approximate surface area is 124 Å². The molecule has 0 bridgehead atoms. The van der Waals surface area contributed by atoms with Gasteiger partial charge in [-0.1, -0.05) is 11.3 Å². The van der Waals surface area contributed by atoms with Crippen molar-refractivity contribution in [2.75, 3.05) is 12.4 Å². The number of nitrogens with one attached hydrogen (secondary N) is 1. The smallest absolute Gasteiger partial charge is 0.143 e. The van der Waals surface area contributed by atoms with Crippen LogP contribution >= 0.6 is 0 Å². The van der Waals surface area contributed by atoms with Crippen LogP contribution in [0.25, 0.3) is 0 Å². The van der Waals surface area contributed by atoms with Crippen LogP contribution in [0.4, 0.5) is 5.69 Å². The molecule has 2 aromatic rings. The fraction of sp³-hybridized carbons (Fsp3) is 0.400. The third-order valence-electron chi connectivity index (χ3n) is 3.04. The highest BCUT2D eigenvalue weighted by Crippen LogP contribution is 2.28. The van der Waals surface area contributed by atoms with Crippen LogP contribution in [0.15, 0.2) is 24.4 Å². The number of hydrogen-bond acceptors (Lipinski definition) is 5. The van der Waals surface area contributed by atoms with Crippen LogP contribution in [0, 0.1) is 11.3 Å². The molecule has 0 unspecified atom stereocenters. The Hall–Kier alpha value is -2.55. The molecular formula is C15H19N5O. The van der Waals surface area contributed by atoms with Crippen LogP contribution in [-0.4, -0.2) is 22.1 Å². The van der Waals surface area contributed by atoms with Crippen LogP contribution < -0.4 is 10.1 Å². The maximum atomic E-state index is 9.17. The van der Waals surface area contributed by atoms with Gasteiger partial charge in [0.2, 0.25) is 0 Å². The van der Waals surface area contributed by atoms with Crippen molar-refractivity contribution >= 4 is 5.69 Å². The van der Waals surface area contributed by atoms with Gasteiger partial charge in [-0.3, -0.25) is 0 Å². The van der Waals surface area contributed by atoms with E-state index in [1.807, 2.05) is 16.9 Å². The number of aromatic nitrogens is 3. The number of ether oxygens (including phenoxy) is 1. The van der Waals surface area contributed by atoms with E-state index in [0.29, 0.717) is 23.5 Å². The highest BCUT2D eigenvalue weighted by molar-refractivity contribution is 5.66. The minimum Gasteiger partial charge on any atom is -0.495 e. The van der Waals surface area contributed by atoms with Crippen molar-refractivity contribution in [3.05, 3.63) is 35.7 Å². The number of rotatable bonds is 4. The van der Waals surface area contributed by atoms with Gasteiger partial charge in [-0.15, -0.1) is 5.10 Å². The summed E-state index contributed by atoms with van der Waals surface area (Å²) in [6, 6.07) is 7.50. The summed E-state index contributed by atoms with van der Waals surface area (Å²) in [7, 11) is 1.58. The molecule has 0 saturated carbocycles. The van der Waals surface area contributed by atoms with E-state index in [1.165, 1.54) is 0 Å². The molecule has 0 saturated heterocycles. The number of benzene rings is 1. The van der Waals surface area contributed by atoms with E-state index < -0.39 is 0 Å². The van der Waals surface area contributed by atoms with E-state index in [2.05, 4.69) is 42.5 Å². The van der Waals surface area contributed by atoms with Gasteiger partial charge < -0.3 is 10.1 Å². The van der Waals surface area contributed by atoms with E-state index >= 15 is 0 Å². The molecule has 1 N–H and O–H groups in total. The molecule has 1 heterocycles. The summed E-state index contributed by atoms with van der Waals surface area (Å²) in [5.74, 6) is 0.636. The summed E-state index contributed by atoms with van der Waals surface area (Å²) >= 11 is 0. The maximum absolute atomic E-state index is 9.17. The van der Waals surface area contributed by atoms with Crippen molar-refractivity contribution in [1.82, 2.24) is 15.0 Å². The fourth-order valence-corrected chi connectivity index (χ4v) is 1.86. The van der Waals surface area contributed by atoms with Crippen LogP contribution in [0.1, 0.15) is 32.0 Å². The lowest BCUT2D eigenvalue weighted by Gasteiger charge is -2.17. The maximum Gasteiger partial charge on any atom is 0.143 e. The fourth-order valence-electron chi connectivity index (χ4n) is 1.86. The van der Waals surface area contributed by atoms with Gasteiger partial charge in [-0.05, 0) is 32.9 Å². The molecule has 0 aliphatic carbocycles. The van der Waals surface area contributed by atoms with Crippen molar-refractivity contribution in [3.8, 4) is 11.8 Å². The molecule has 1 aromatic heterocycles. The molecule has 0 radical (unpaired) electrons. The second-order valence-electron chi connectivity index (χ2n) is 5.67. The summed E-state index contributed by atoms with van der Waals surface area (Å²) in [5.41, 5.74) is 1.91. The topological polar surface area (TPSA) is 75.8 Å². The van der Waals surface area contributed by atoms with Crippen molar-refractivity contribution < 1.29 is 4.74 Å². The second-order valence-corrected chi connectivity index (χ2v) is 5.67. The third-order valence-corrected chi connectivity index (χ3v) is 3.04. The van der Waals surface area contributed by atoms with Gasteiger partial charge in [0.25, 0.3) is 0 Å². The molecule has 0 fully saturated rings. The van der Waals surface area contributed by atoms with Gasteiger partial charge in [0.1, 0.15) is 17.5 Å². The Morgan fingerprint density at radius 3 is 2.71 bits per heavy atom. The Morgan fingerprint density at radius 1 is 1.38 bits per heavy atom. The van der Waals surface area contributed by atoms with E-state index in [9.17, 15) is 0 Å². The molecule has 0 aliphatic heterocycles. The first-order chi connectivity index (χ1) is 9.95. The van der Waals surface area contributed by atoms with E-state index in [4.69, 9.17) is 10.00 Å². The summed E-state index contributed by atoms with van der Waals surface area (Å²) < 4.78 is 7.10. The average molecular weight is 285 g/mol. The zero-order valence-corrected chi connectivity index (χ0v) is 12.7. The monoisotopic (exact) mass is 285 g/mol. The Kier molecular flexibility index (Phi) is 4.13. The number of methoxy groups -OCH3 is 1. The zero-order chi connectivity index (χ0) is 15.5. The molecule has 6 heteroatoms. The van der Waals surface area contributed by atoms with Crippen molar-refractivity contribution in [2.24, 2.45) is 0 Å². The van der Waals surface area contributed by atoms with Gasteiger partial charge >= 0.3 is 0 Å². The van der Waals surface area contributed by atoms with Gasteiger partial charge in [0.05, 0.1) is 36.6 Å². The number of nitriles is 1. The summed E-state index contributed by atoms with van der Waals surface area (Å²) in [5, 5.41) is 20.6. The van der Waals surface area contributed by atoms with Gasteiger partial charge in [-0.2, -0.15) is 5.26 Å². The van der Waals surface area contributed by atoms with Gasteiger partial charge in [-0.25, -0.2) is 4.68 Å². The van der Waals surface area contributed by atoms with E-state index in [-0.39, 0.29) is 5.54 Å². The predicted octanol–water partition coefficient (Wildman–Crippen LogP) is 2.53. The Morgan fingerprint density at radius 2 is 2.14 bits per heavy atom. The SMILES string of the molecule is COc1cccc(C#N)c1NCc1cn(C(C)(C)C)nn1. The number of anilines is 1. The van der Waals surface area contributed by atoms with Crippen molar-refractivity contribution in [1.29, 1.82) is 5.26 Å². The number of hydrogen-bond donors (Lipinski definition) is 1. The van der Waals surface area contributed by atoms with Gasteiger partial charge in [0, 0.05) is 0 Å². The number of nitrogens with zero attached hydrogens (tertiary/aromatic N) is 4. The molecule has 0 atom stereocenters. The van der Waals surface area contributed by atoms with Crippen molar-refractivity contribution in [3.63, 3.8) is 0 Å². The lowest BCUT2D eigenvalue weighted by molar-refractivity contribution is 0.347. The lowest BCUT2D eigenvalue weighted by atomic mass is 10.1. The molecular weight excluding hydrogens is 266 g/mol. The van der Waals surface area contributed by atoms with Crippen LogP contribution in [0.3, 0.4) is 0 Å². The van der Waals surface area contributed by atoms with E-state index in [1.54, 1.807) is 19.2 Å². The molecule has 0 aliphatic rings. The molecule has 21 heavy (non-hydrogen) atoms. The molecule has 110 valence electrons.